The molecule has 0 bridgehead atoms. The van der Waals surface area contributed by atoms with E-state index in [2.05, 4.69) is 11.1 Å². The molecule has 1 aliphatic heterocycles. The largest absolute Gasteiger partial charge is 0.326 e. The van der Waals surface area contributed by atoms with Crippen molar-refractivity contribution in [3.63, 3.8) is 0 Å². The molecule has 3 amide bonds. The predicted octanol–water partition coefficient (Wildman–Crippen LogP) is 3.09. The van der Waals surface area contributed by atoms with Crippen LogP contribution in [0, 0.1) is 18.3 Å². The molecule has 144 valence electrons. The van der Waals surface area contributed by atoms with Gasteiger partial charge in [0.2, 0.25) is 5.91 Å². The summed E-state index contributed by atoms with van der Waals surface area (Å²) >= 11 is 0. The van der Waals surface area contributed by atoms with Crippen molar-refractivity contribution in [3.8, 4) is 6.07 Å². The quantitative estimate of drug-likeness (QED) is 0.744. The summed E-state index contributed by atoms with van der Waals surface area (Å²) in [4.78, 5) is 32.5. The van der Waals surface area contributed by atoms with Crippen molar-refractivity contribution in [3.05, 3.63) is 65.0 Å². The Kier molecular flexibility index (Phi) is 6.38. The number of nitriles is 1. The number of carbonyl (C=O) groups excluding carboxylic acids is 2. The Hall–Kier alpha value is -3.20. The number of nitrogens with zero attached hydrogens (tertiary/aromatic N) is 4. The second-order valence-electron chi connectivity index (χ2n) is 6.99. The van der Waals surface area contributed by atoms with Crippen molar-refractivity contribution < 1.29 is 9.59 Å². The zero-order valence-electron chi connectivity index (χ0n) is 16.1. The third-order valence-corrected chi connectivity index (χ3v) is 5.06. The van der Waals surface area contributed by atoms with E-state index in [1.54, 1.807) is 23.2 Å². The van der Waals surface area contributed by atoms with Gasteiger partial charge in [-0.05, 0) is 55.5 Å². The van der Waals surface area contributed by atoms with Crippen molar-refractivity contribution in [1.82, 2.24) is 14.8 Å². The number of aromatic nitrogens is 1. The summed E-state index contributed by atoms with van der Waals surface area (Å²) < 4.78 is 0. The Morgan fingerprint density at radius 3 is 2.61 bits per heavy atom. The fourth-order valence-corrected chi connectivity index (χ4v) is 3.37. The van der Waals surface area contributed by atoms with E-state index < -0.39 is 0 Å². The summed E-state index contributed by atoms with van der Waals surface area (Å²) in [7, 11) is 0. The lowest BCUT2D eigenvalue weighted by atomic mass is 10.1. The molecule has 6 heteroatoms. The van der Waals surface area contributed by atoms with Gasteiger partial charge in [-0.1, -0.05) is 18.2 Å². The van der Waals surface area contributed by atoms with Gasteiger partial charge in [-0.3, -0.25) is 14.7 Å². The van der Waals surface area contributed by atoms with E-state index in [4.69, 9.17) is 5.26 Å². The highest BCUT2D eigenvalue weighted by Crippen LogP contribution is 2.14. The van der Waals surface area contributed by atoms with Crippen molar-refractivity contribution >= 4 is 11.9 Å². The second-order valence-corrected chi connectivity index (χ2v) is 6.99. The summed E-state index contributed by atoms with van der Waals surface area (Å²) in [5, 5.41) is 8.86. The van der Waals surface area contributed by atoms with Crippen LogP contribution in [0.25, 0.3) is 0 Å². The summed E-state index contributed by atoms with van der Waals surface area (Å²) in [6, 6.07) is 13.1. The maximum Gasteiger partial charge on any atom is 0.326 e. The molecule has 3 rings (SSSR count). The molecule has 0 radical (unpaired) electrons. The van der Waals surface area contributed by atoms with E-state index in [-0.39, 0.29) is 11.9 Å². The predicted molar refractivity (Wildman–Crippen MR) is 105 cm³/mol. The molecule has 0 spiro atoms. The van der Waals surface area contributed by atoms with E-state index >= 15 is 0 Å². The fourth-order valence-electron chi connectivity index (χ4n) is 3.37. The van der Waals surface area contributed by atoms with Gasteiger partial charge >= 0.3 is 6.03 Å². The zero-order valence-corrected chi connectivity index (χ0v) is 16.1. The number of rotatable bonds is 7. The first-order valence-corrected chi connectivity index (χ1v) is 9.57. The van der Waals surface area contributed by atoms with Crippen LogP contribution in [0.3, 0.4) is 0 Å². The Morgan fingerprint density at radius 2 is 1.89 bits per heavy atom. The molecule has 1 saturated heterocycles. The van der Waals surface area contributed by atoms with E-state index in [0.717, 1.165) is 29.7 Å². The Labute approximate surface area is 165 Å². The van der Waals surface area contributed by atoms with Crippen LogP contribution in [0.15, 0.2) is 42.6 Å². The number of hydrogen-bond donors (Lipinski definition) is 0. The number of hydrogen-bond acceptors (Lipinski definition) is 4. The van der Waals surface area contributed by atoms with Gasteiger partial charge in [0.05, 0.1) is 11.6 Å². The molecule has 0 N–H and O–H groups in total. The monoisotopic (exact) mass is 376 g/mol. The SMILES string of the molecule is Cc1cccnc1CCCN1CCC(=O)N(CCc2ccc(C#N)cc2)C1=O. The van der Waals surface area contributed by atoms with Crippen molar-refractivity contribution in [1.29, 1.82) is 5.26 Å². The standard InChI is InChI=1S/C22H24N4O2/c1-17-4-2-12-24-20(17)5-3-13-25-14-11-21(27)26(22(25)28)15-10-18-6-8-19(16-23)9-7-18/h2,4,6-9,12H,3,5,10-11,13-15H2,1H3. The first-order chi connectivity index (χ1) is 13.6. The van der Waals surface area contributed by atoms with Gasteiger partial charge < -0.3 is 4.90 Å². The molecule has 2 aromatic rings. The van der Waals surface area contributed by atoms with Gasteiger partial charge in [0.25, 0.3) is 0 Å². The van der Waals surface area contributed by atoms with Gasteiger partial charge in [-0.2, -0.15) is 5.26 Å². The molecule has 1 aromatic heterocycles. The van der Waals surface area contributed by atoms with Crippen LogP contribution >= 0.6 is 0 Å². The van der Waals surface area contributed by atoms with E-state index in [1.807, 2.05) is 31.2 Å². The molecule has 0 aliphatic carbocycles. The Balaban J connectivity index is 1.53. The molecular weight excluding hydrogens is 352 g/mol. The van der Waals surface area contributed by atoms with E-state index in [9.17, 15) is 9.59 Å². The van der Waals surface area contributed by atoms with Crippen LogP contribution < -0.4 is 0 Å². The smallest absolute Gasteiger partial charge is 0.324 e. The first kappa shape index (κ1) is 19.6. The van der Waals surface area contributed by atoms with Gasteiger partial charge in [0.1, 0.15) is 0 Å². The lowest BCUT2D eigenvalue weighted by molar-refractivity contribution is -0.130. The molecular formula is C22H24N4O2. The summed E-state index contributed by atoms with van der Waals surface area (Å²) in [5.74, 6) is -0.115. The highest BCUT2D eigenvalue weighted by molar-refractivity contribution is 5.96. The average Bonchev–Trinajstić information content (AvgIpc) is 2.71. The minimum atomic E-state index is -0.206. The second kappa shape index (κ2) is 9.14. The number of aryl methyl sites for hydroxylation is 2. The molecule has 28 heavy (non-hydrogen) atoms. The van der Waals surface area contributed by atoms with Crippen molar-refractivity contribution in [2.24, 2.45) is 0 Å². The average molecular weight is 376 g/mol. The topological polar surface area (TPSA) is 77.3 Å². The van der Waals surface area contributed by atoms with Crippen LogP contribution in [0.5, 0.6) is 0 Å². The first-order valence-electron chi connectivity index (χ1n) is 9.57. The van der Waals surface area contributed by atoms with Gasteiger partial charge in [-0.25, -0.2) is 4.79 Å². The van der Waals surface area contributed by atoms with Gasteiger partial charge in [-0.15, -0.1) is 0 Å². The lowest BCUT2D eigenvalue weighted by Crippen LogP contribution is -2.53. The summed E-state index contributed by atoms with van der Waals surface area (Å²) in [6.07, 6.45) is 4.38. The highest BCUT2D eigenvalue weighted by atomic mass is 16.2. The van der Waals surface area contributed by atoms with E-state index in [1.165, 1.54) is 4.90 Å². The van der Waals surface area contributed by atoms with Crippen molar-refractivity contribution in [2.45, 2.75) is 32.6 Å². The molecule has 2 heterocycles. The normalized spacial score (nSPS) is 14.3. The van der Waals surface area contributed by atoms with Crippen LogP contribution in [0.4, 0.5) is 4.79 Å². The third-order valence-electron chi connectivity index (χ3n) is 5.06. The molecule has 1 fully saturated rings. The number of imide groups is 1. The molecule has 0 unspecified atom stereocenters. The third kappa shape index (κ3) is 4.74. The van der Waals surface area contributed by atoms with Crippen LogP contribution in [-0.2, 0) is 17.6 Å². The Morgan fingerprint density at radius 1 is 1.11 bits per heavy atom. The maximum absolute atomic E-state index is 12.7. The molecule has 1 aliphatic rings. The van der Waals surface area contributed by atoms with Crippen LogP contribution in [0.2, 0.25) is 0 Å². The zero-order chi connectivity index (χ0) is 19.9. The molecule has 0 saturated carbocycles. The summed E-state index contributed by atoms with van der Waals surface area (Å²) in [6.45, 7) is 3.50. The number of pyridine rings is 1. The van der Waals surface area contributed by atoms with E-state index in [0.29, 0.717) is 38.0 Å². The number of benzene rings is 1. The Bertz CT molecular complexity index is 886. The number of amides is 3. The number of urea groups is 1. The number of carbonyl (C=O) groups is 2. The van der Waals surface area contributed by atoms with Crippen LogP contribution in [0.1, 0.15) is 35.2 Å². The van der Waals surface area contributed by atoms with Crippen LogP contribution in [-0.4, -0.2) is 46.4 Å². The van der Waals surface area contributed by atoms with Crippen molar-refractivity contribution in [2.75, 3.05) is 19.6 Å². The maximum atomic E-state index is 12.7. The van der Waals surface area contributed by atoms with Gasteiger partial charge in [0, 0.05) is 37.9 Å². The minimum Gasteiger partial charge on any atom is -0.324 e. The lowest BCUT2D eigenvalue weighted by Gasteiger charge is -2.34. The van der Waals surface area contributed by atoms with Gasteiger partial charge in [0.15, 0.2) is 0 Å². The molecule has 0 atom stereocenters. The molecule has 1 aromatic carbocycles. The molecule has 6 nitrogen and oxygen atoms in total. The summed E-state index contributed by atoms with van der Waals surface area (Å²) in [5.41, 5.74) is 3.82. The fraction of sp³-hybridized carbons (Fsp3) is 0.364. The minimum absolute atomic E-state index is 0.115. The highest BCUT2D eigenvalue weighted by Gasteiger charge is 2.31.